The maximum absolute atomic E-state index is 6.15. The highest BCUT2D eigenvalue weighted by Crippen LogP contribution is 2.32. The van der Waals surface area contributed by atoms with Gasteiger partial charge >= 0.3 is 0 Å². The molecule has 3 aromatic rings. The van der Waals surface area contributed by atoms with Crippen molar-refractivity contribution in [1.82, 2.24) is 15.2 Å². The number of hydrogen-bond acceptors (Lipinski definition) is 6. The summed E-state index contributed by atoms with van der Waals surface area (Å²) in [5.74, 6) is 1.47. The van der Waals surface area contributed by atoms with Crippen LogP contribution in [0.1, 0.15) is 11.1 Å². The lowest BCUT2D eigenvalue weighted by atomic mass is 10.2. The fourth-order valence-corrected chi connectivity index (χ4v) is 2.62. The number of benzene rings is 2. The SMILES string of the molecule is COc1cc(Cl)c(C)cc1Nc1cnnc(Nc2ccc(C)c(Cl)c2)n1. The van der Waals surface area contributed by atoms with Gasteiger partial charge < -0.3 is 15.4 Å². The van der Waals surface area contributed by atoms with Crippen LogP contribution in [0.15, 0.2) is 36.5 Å². The summed E-state index contributed by atoms with van der Waals surface area (Å²) >= 11 is 12.3. The first-order chi connectivity index (χ1) is 12.5. The minimum Gasteiger partial charge on any atom is -0.495 e. The maximum Gasteiger partial charge on any atom is 0.249 e. The second kappa shape index (κ2) is 7.76. The first-order valence-electron chi connectivity index (χ1n) is 7.80. The number of ether oxygens (including phenoxy) is 1. The van der Waals surface area contributed by atoms with Crippen LogP contribution in [-0.2, 0) is 0 Å². The molecule has 0 saturated heterocycles. The Balaban J connectivity index is 1.83. The van der Waals surface area contributed by atoms with Crippen molar-refractivity contribution in [2.75, 3.05) is 17.7 Å². The van der Waals surface area contributed by atoms with Gasteiger partial charge in [-0.1, -0.05) is 29.3 Å². The molecule has 0 aliphatic heterocycles. The molecule has 3 rings (SSSR count). The highest BCUT2D eigenvalue weighted by Gasteiger charge is 2.09. The van der Waals surface area contributed by atoms with Crippen LogP contribution in [-0.4, -0.2) is 22.3 Å². The molecule has 0 aliphatic carbocycles. The van der Waals surface area contributed by atoms with E-state index in [4.69, 9.17) is 27.9 Å². The van der Waals surface area contributed by atoms with E-state index in [9.17, 15) is 0 Å². The van der Waals surface area contributed by atoms with Crippen LogP contribution in [0, 0.1) is 13.8 Å². The minimum absolute atomic E-state index is 0.347. The quantitative estimate of drug-likeness (QED) is 0.617. The van der Waals surface area contributed by atoms with E-state index in [1.165, 1.54) is 6.20 Å². The minimum atomic E-state index is 0.347. The smallest absolute Gasteiger partial charge is 0.249 e. The van der Waals surface area contributed by atoms with Crippen molar-refractivity contribution < 1.29 is 4.74 Å². The molecule has 0 unspecified atom stereocenters. The van der Waals surface area contributed by atoms with Gasteiger partial charge in [0.05, 0.1) is 19.0 Å². The number of hydrogen-bond donors (Lipinski definition) is 2. The van der Waals surface area contributed by atoms with Crippen molar-refractivity contribution >= 4 is 46.3 Å². The fourth-order valence-electron chi connectivity index (χ4n) is 2.28. The number of halogens is 2. The van der Waals surface area contributed by atoms with Gasteiger partial charge in [-0.05, 0) is 43.2 Å². The fraction of sp³-hybridized carbons (Fsp3) is 0.167. The van der Waals surface area contributed by atoms with E-state index in [0.717, 1.165) is 22.5 Å². The maximum atomic E-state index is 6.15. The monoisotopic (exact) mass is 389 g/mol. The third-order valence-corrected chi connectivity index (χ3v) is 4.54. The van der Waals surface area contributed by atoms with Crippen LogP contribution in [0.4, 0.5) is 23.1 Å². The Hall–Kier alpha value is -2.57. The molecule has 0 atom stereocenters. The van der Waals surface area contributed by atoms with Crippen LogP contribution >= 0.6 is 23.2 Å². The second-order valence-electron chi connectivity index (χ2n) is 5.68. The Kier molecular flexibility index (Phi) is 5.44. The summed E-state index contributed by atoms with van der Waals surface area (Å²) in [7, 11) is 1.58. The van der Waals surface area contributed by atoms with E-state index in [0.29, 0.717) is 27.6 Å². The van der Waals surface area contributed by atoms with Gasteiger partial charge in [-0.25, -0.2) is 0 Å². The van der Waals surface area contributed by atoms with Gasteiger partial charge in [0.2, 0.25) is 5.95 Å². The largest absolute Gasteiger partial charge is 0.495 e. The van der Waals surface area contributed by atoms with Crippen LogP contribution in [0.25, 0.3) is 0 Å². The topological polar surface area (TPSA) is 72.0 Å². The number of aryl methyl sites for hydroxylation is 2. The molecule has 0 saturated carbocycles. The van der Waals surface area contributed by atoms with Gasteiger partial charge in [0.1, 0.15) is 5.75 Å². The van der Waals surface area contributed by atoms with Gasteiger partial charge in [-0.2, -0.15) is 10.1 Å². The first-order valence-corrected chi connectivity index (χ1v) is 8.56. The van der Waals surface area contributed by atoms with E-state index in [-0.39, 0.29) is 0 Å². The van der Waals surface area contributed by atoms with Gasteiger partial charge in [-0.15, -0.1) is 5.10 Å². The van der Waals surface area contributed by atoms with Gasteiger partial charge in [-0.3, -0.25) is 0 Å². The molecule has 0 amide bonds. The molecule has 6 nitrogen and oxygen atoms in total. The normalized spacial score (nSPS) is 10.5. The summed E-state index contributed by atoms with van der Waals surface area (Å²) in [5.41, 5.74) is 3.43. The molecule has 1 aromatic heterocycles. The number of rotatable bonds is 5. The van der Waals surface area contributed by atoms with Crippen LogP contribution in [0.3, 0.4) is 0 Å². The number of methoxy groups -OCH3 is 1. The lowest BCUT2D eigenvalue weighted by Crippen LogP contribution is -2.03. The predicted octanol–water partition coefficient (Wildman–Crippen LogP) is 5.29. The molecule has 0 fully saturated rings. The zero-order valence-corrected chi connectivity index (χ0v) is 16.0. The summed E-state index contributed by atoms with van der Waals surface area (Å²) in [6.45, 7) is 3.86. The van der Waals surface area contributed by atoms with E-state index < -0.39 is 0 Å². The number of nitrogens with zero attached hydrogens (tertiary/aromatic N) is 3. The van der Waals surface area contributed by atoms with Crippen molar-refractivity contribution in [3.8, 4) is 5.75 Å². The Bertz CT molecular complexity index is 949. The van der Waals surface area contributed by atoms with E-state index in [2.05, 4.69) is 25.8 Å². The van der Waals surface area contributed by atoms with E-state index in [1.807, 2.05) is 38.1 Å². The van der Waals surface area contributed by atoms with Crippen LogP contribution in [0.2, 0.25) is 10.0 Å². The Labute approximate surface area is 161 Å². The summed E-state index contributed by atoms with van der Waals surface area (Å²) < 4.78 is 5.36. The third-order valence-electron chi connectivity index (χ3n) is 3.73. The van der Waals surface area contributed by atoms with Crippen molar-refractivity contribution in [1.29, 1.82) is 0 Å². The molecule has 2 N–H and O–H groups in total. The summed E-state index contributed by atoms with van der Waals surface area (Å²) in [4.78, 5) is 4.42. The third kappa shape index (κ3) is 4.15. The molecular formula is C18H17Cl2N5O. The highest BCUT2D eigenvalue weighted by atomic mass is 35.5. The molecule has 26 heavy (non-hydrogen) atoms. The zero-order valence-electron chi connectivity index (χ0n) is 14.5. The highest BCUT2D eigenvalue weighted by molar-refractivity contribution is 6.32. The van der Waals surface area contributed by atoms with Crippen molar-refractivity contribution in [2.24, 2.45) is 0 Å². The summed E-state index contributed by atoms with van der Waals surface area (Å²) in [6.07, 6.45) is 1.52. The second-order valence-corrected chi connectivity index (χ2v) is 6.50. The van der Waals surface area contributed by atoms with Crippen LogP contribution < -0.4 is 15.4 Å². The number of nitrogens with one attached hydrogen (secondary N) is 2. The van der Waals surface area contributed by atoms with Gasteiger partial charge in [0.15, 0.2) is 5.82 Å². The average Bonchev–Trinajstić information content (AvgIpc) is 2.61. The van der Waals surface area contributed by atoms with Crippen molar-refractivity contribution in [2.45, 2.75) is 13.8 Å². The number of anilines is 4. The molecule has 2 aromatic carbocycles. The van der Waals surface area contributed by atoms with E-state index >= 15 is 0 Å². The zero-order chi connectivity index (χ0) is 18.7. The Morgan fingerprint density at radius 3 is 2.46 bits per heavy atom. The van der Waals surface area contributed by atoms with Crippen molar-refractivity contribution in [3.63, 3.8) is 0 Å². The molecule has 1 heterocycles. The molecule has 8 heteroatoms. The Morgan fingerprint density at radius 1 is 0.962 bits per heavy atom. The van der Waals surface area contributed by atoms with Crippen molar-refractivity contribution in [3.05, 3.63) is 57.7 Å². The number of aromatic nitrogens is 3. The van der Waals surface area contributed by atoms with Gasteiger partial charge in [0.25, 0.3) is 0 Å². The lowest BCUT2D eigenvalue weighted by molar-refractivity contribution is 0.416. The molecule has 0 radical (unpaired) electrons. The average molecular weight is 390 g/mol. The molecule has 0 spiro atoms. The Morgan fingerprint density at radius 2 is 1.73 bits per heavy atom. The first kappa shape index (κ1) is 18.2. The molecule has 0 bridgehead atoms. The molecular weight excluding hydrogens is 373 g/mol. The summed E-state index contributed by atoms with van der Waals surface area (Å²) in [6, 6.07) is 9.27. The molecule has 134 valence electrons. The van der Waals surface area contributed by atoms with Crippen LogP contribution in [0.5, 0.6) is 5.75 Å². The van der Waals surface area contributed by atoms with E-state index in [1.54, 1.807) is 13.2 Å². The lowest BCUT2D eigenvalue weighted by Gasteiger charge is -2.13. The van der Waals surface area contributed by atoms with Gasteiger partial charge in [0, 0.05) is 21.8 Å². The predicted molar refractivity (Wildman–Crippen MR) is 105 cm³/mol. The summed E-state index contributed by atoms with van der Waals surface area (Å²) in [5, 5.41) is 15.5. The standard InChI is InChI=1S/C18H17Cl2N5O/c1-10-4-5-12(7-13(10)19)22-18-24-17(9-21-25-18)23-15-6-11(2)14(20)8-16(15)26-3/h4-9H,1-3H3,(H2,22,23,24,25). The molecule has 0 aliphatic rings.